The number of hydrogen-bond donors (Lipinski definition) is 1. The third-order valence-electron chi connectivity index (χ3n) is 3.62. The van der Waals surface area contributed by atoms with E-state index in [0.717, 1.165) is 0 Å². The molecule has 0 fully saturated rings. The number of thioether (sulfide) groups is 1. The van der Waals surface area contributed by atoms with Gasteiger partial charge in [0, 0.05) is 34.7 Å². The number of amides is 1. The Hall–Kier alpha value is -2.16. The number of nitrogens with one attached hydrogen (secondary N) is 1. The molecule has 3 aromatic rings. The summed E-state index contributed by atoms with van der Waals surface area (Å²) >= 11 is 13.6. The van der Waals surface area contributed by atoms with Crippen LogP contribution in [0.15, 0.2) is 41.8 Å². The largest absolute Gasteiger partial charge is 0.350 e. The van der Waals surface area contributed by atoms with Crippen LogP contribution in [0.4, 0.5) is 0 Å². The van der Waals surface area contributed by atoms with Gasteiger partial charge in [0.25, 0.3) is 5.91 Å². The van der Waals surface area contributed by atoms with Crippen molar-refractivity contribution in [2.75, 3.05) is 6.54 Å². The topological polar surface area (TPSA) is 85.6 Å². The Morgan fingerprint density at radius 2 is 1.86 bits per heavy atom. The maximum absolute atomic E-state index is 12.6. The fraction of sp³-hybridized carbons (Fsp3) is 0.278. The first-order valence-electron chi connectivity index (χ1n) is 8.53. The fourth-order valence-electron chi connectivity index (χ4n) is 2.35. The number of nitrogens with zero attached hydrogens (tertiary/aromatic N) is 5. The molecule has 0 aliphatic rings. The summed E-state index contributed by atoms with van der Waals surface area (Å²) in [5.74, 6) is 0.435. The standard InChI is InChI=1S/C18H18Cl2N6OS/c1-11(2)9-23-17(27)16-15(10-28-18-21-4-3-5-22-18)26(25-24-16)14-7-12(19)6-13(20)8-14/h3-8,11H,9-10H2,1-2H3,(H,23,27). The molecule has 2 aromatic heterocycles. The van der Waals surface area contributed by atoms with Crippen LogP contribution in [0.3, 0.4) is 0 Å². The summed E-state index contributed by atoms with van der Waals surface area (Å²) in [6.45, 7) is 4.59. The highest BCUT2D eigenvalue weighted by atomic mass is 35.5. The smallest absolute Gasteiger partial charge is 0.273 e. The third kappa shape index (κ3) is 5.21. The number of carbonyl (C=O) groups excluding carboxylic acids is 1. The molecule has 0 saturated heterocycles. The lowest BCUT2D eigenvalue weighted by atomic mass is 10.2. The molecule has 0 spiro atoms. The van der Waals surface area contributed by atoms with Crippen LogP contribution in [0.25, 0.3) is 5.69 Å². The van der Waals surface area contributed by atoms with Crippen molar-refractivity contribution in [2.45, 2.75) is 24.8 Å². The Kier molecular flexibility index (Phi) is 6.88. The molecule has 1 amide bonds. The average Bonchev–Trinajstić information content (AvgIpc) is 3.08. The van der Waals surface area contributed by atoms with Gasteiger partial charge in [0.05, 0.1) is 11.4 Å². The van der Waals surface area contributed by atoms with Gasteiger partial charge in [0.1, 0.15) is 0 Å². The van der Waals surface area contributed by atoms with Gasteiger partial charge < -0.3 is 5.32 Å². The van der Waals surface area contributed by atoms with Gasteiger partial charge in [-0.1, -0.05) is 54.0 Å². The van der Waals surface area contributed by atoms with Gasteiger partial charge in [-0.3, -0.25) is 4.79 Å². The highest BCUT2D eigenvalue weighted by Crippen LogP contribution is 2.26. The zero-order chi connectivity index (χ0) is 20.1. The molecule has 146 valence electrons. The molecule has 10 heteroatoms. The molecule has 3 rings (SSSR count). The van der Waals surface area contributed by atoms with Gasteiger partial charge in [0.2, 0.25) is 0 Å². The first-order chi connectivity index (χ1) is 13.4. The summed E-state index contributed by atoms with van der Waals surface area (Å²) in [5, 5.41) is 12.7. The van der Waals surface area contributed by atoms with Crippen LogP contribution in [0.2, 0.25) is 10.0 Å². The van der Waals surface area contributed by atoms with Gasteiger partial charge in [-0.05, 0) is 30.2 Å². The number of benzene rings is 1. The van der Waals surface area contributed by atoms with Crippen molar-refractivity contribution in [3.8, 4) is 5.69 Å². The molecule has 0 saturated carbocycles. The predicted molar refractivity (Wildman–Crippen MR) is 110 cm³/mol. The van der Waals surface area contributed by atoms with E-state index in [-0.39, 0.29) is 11.6 Å². The molecule has 28 heavy (non-hydrogen) atoms. The van der Waals surface area contributed by atoms with Gasteiger partial charge in [-0.25, -0.2) is 14.6 Å². The second-order valence-electron chi connectivity index (χ2n) is 6.35. The third-order valence-corrected chi connectivity index (χ3v) is 4.94. The molecule has 0 unspecified atom stereocenters. The van der Waals surface area contributed by atoms with Gasteiger partial charge in [-0.2, -0.15) is 0 Å². The quantitative estimate of drug-likeness (QED) is 0.444. The van der Waals surface area contributed by atoms with Crippen molar-refractivity contribution in [3.05, 3.63) is 58.1 Å². The van der Waals surface area contributed by atoms with Crippen LogP contribution in [0.1, 0.15) is 30.0 Å². The molecule has 0 aliphatic carbocycles. The molecule has 0 radical (unpaired) electrons. The molecular weight excluding hydrogens is 419 g/mol. The minimum absolute atomic E-state index is 0.250. The monoisotopic (exact) mass is 436 g/mol. The number of halogens is 2. The Morgan fingerprint density at radius 3 is 2.50 bits per heavy atom. The maximum Gasteiger partial charge on any atom is 0.273 e. The van der Waals surface area contributed by atoms with Crippen molar-refractivity contribution in [1.29, 1.82) is 0 Å². The van der Waals surface area contributed by atoms with Crippen LogP contribution in [0, 0.1) is 5.92 Å². The van der Waals surface area contributed by atoms with Crippen molar-refractivity contribution in [2.24, 2.45) is 5.92 Å². The second kappa shape index (κ2) is 9.36. The molecule has 1 N–H and O–H groups in total. The first-order valence-corrected chi connectivity index (χ1v) is 10.3. The van der Waals surface area contributed by atoms with Crippen LogP contribution in [0.5, 0.6) is 0 Å². The summed E-state index contributed by atoms with van der Waals surface area (Å²) in [4.78, 5) is 21.0. The number of carbonyl (C=O) groups is 1. The molecule has 0 bridgehead atoms. The summed E-state index contributed by atoms with van der Waals surface area (Å²) in [6, 6.07) is 6.80. The van der Waals surface area contributed by atoms with E-state index < -0.39 is 0 Å². The molecule has 7 nitrogen and oxygen atoms in total. The van der Waals surface area contributed by atoms with E-state index in [1.807, 2.05) is 13.8 Å². The van der Waals surface area contributed by atoms with Gasteiger partial charge in [0.15, 0.2) is 10.9 Å². The van der Waals surface area contributed by atoms with Gasteiger partial charge >= 0.3 is 0 Å². The van der Waals surface area contributed by atoms with E-state index in [4.69, 9.17) is 23.2 Å². The van der Waals surface area contributed by atoms with E-state index in [1.165, 1.54) is 11.8 Å². The number of rotatable bonds is 7. The van der Waals surface area contributed by atoms with Crippen LogP contribution in [-0.2, 0) is 5.75 Å². The summed E-state index contributed by atoms with van der Waals surface area (Å²) in [6.07, 6.45) is 3.33. The molecule has 1 aromatic carbocycles. The Morgan fingerprint density at radius 1 is 1.18 bits per heavy atom. The van der Waals surface area contributed by atoms with E-state index in [0.29, 0.717) is 44.8 Å². The predicted octanol–water partition coefficient (Wildman–Crippen LogP) is 4.04. The van der Waals surface area contributed by atoms with E-state index in [1.54, 1.807) is 41.3 Å². The minimum Gasteiger partial charge on any atom is -0.350 e. The Labute approximate surface area is 176 Å². The van der Waals surface area contributed by atoms with Crippen molar-refractivity contribution < 1.29 is 4.79 Å². The average molecular weight is 437 g/mol. The Balaban J connectivity index is 1.95. The van der Waals surface area contributed by atoms with Crippen LogP contribution < -0.4 is 5.32 Å². The van der Waals surface area contributed by atoms with E-state index in [2.05, 4.69) is 25.6 Å². The highest BCUT2D eigenvalue weighted by molar-refractivity contribution is 7.98. The zero-order valence-corrected chi connectivity index (χ0v) is 17.6. The summed E-state index contributed by atoms with van der Waals surface area (Å²) < 4.78 is 1.57. The molecule has 0 atom stereocenters. The fourth-order valence-corrected chi connectivity index (χ4v) is 3.66. The summed E-state index contributed by atoms with van der Waals surface area (Å²) in [7, 11) is 0. The molecular formula is C18H18Cl2N6OS. The maximum atomic E-state index is 12.6. The van der Waals surface area contributed by atoms with Gasteiger partial charge in [-0.15, -0.1) is 5.10 Å². The highest BCUT2D eigenvalue weighted by Gasteiger charge is 2.21. The normalized spacial score (nSPS) is 11.0. The van der Waals surface area contributed by atoms with Crippen molar-refractivity contribution in [3.63, 3.8) is 0 Å². The van der Waals surface area contributed by atoms with E-state index in [9.17, 15) is 4.79 Å². The second-order valence-corrected chi connectivity index (χ2v) is 8.16. The van der Waals surface area contributed by atoms with E-state index >= 15 is 0 Å². The minimum atomic E-state index is -0.280. The number of aromatic nitrogens is 5. The first kappa shape index (κ1) is 20.6. The SMILES string of the molecule is CC(C)CNC(=O)c1nnn(-c2cc(Cl)cc(Cl)c2)c1CSc1ncccn1. The molecule has 2 heterocycles. The lowest BCUT2D eigenvalue weighted by Crippen LogP contribution is -2.28. The van der Waals surface area contributed by atoms with Crippen molar-refractivity contribution >= 4 is 40.9 Å². The number of hydrogen-bond acceptors (Lipinski definition) is 6. The van der Waals surface area contributed by atoms with Crippen molar-refractivity contribution in [1.82, 2.24) is 30.3 Å². The van der Waals surface area contributed by atoms with Crippen LogP contribution in [-0.4, -0.2) is 37.4 Å². The zero-order valence-electron chi connectivity index (χ0n) is 15.3. The lowest BCUT2D eigenvalue weighted by molar-refractivity contribution is 0.0943. The van der Waals surface area contributed by atoms with Crippen LogP contribution >= 0.6 is 35.0 Å². The summed E-state index contributed by atoms with van der Waals surface area (Å²) in [5.41, 5.74) is 1.48. The lowest BCUT2D eigenvalue weighted by Gasteiger charge is -2.10. The Bertz CT molecular complexity index is 944. The molecule has 0 aliphatic heterocycles.